The van der Waals surface area contributed by atoms with Crippen molar-refractivity contribution >= 4 is 0 Å². The molecule has 0 aromatic rings. The van der Waals surface area contributed by atoms with Crippen LogP contribution in [0.5, 0.6) is 0 Å². The molecule has 0 aromatic heterocycles. The molecule has 15 unspecified atom stereocenters. The molecule has 0 bridgehead atoms. The SMILES string of the molecule is CC1CCC(CC(C)CC2CC(C(C)C)C3CC4(C)CC5(C)CC(C)C(C(C)C)C(C)C5(C)C(C)C4C(C)C3C2C)CC1. The van der Waals surface area contributed by atoms with Crippen molar-refractivity contribution in [2.24, 2.45) is 111 Å². The number of rotatable bonds is 6. The van der Waals surface area contributed by atoms with Crippen molar-refractivity contribution in [3.8, 4) is 0 Å². The molecule has 0 radical (unpaired) electrons. The summed E-state index contributed by atoms with van der Waals surface area (Å²) in [5.74, 6) is 14.3. The smallest absolute Gasteiger partial charge is 0.0215 e. The molecule has 0 aliphatic heterocycles. The lowest BCUT2D eigenvalue weighted by molar-refractivity contribution is -0.251. The van der Waals surface area contributed by atoms with E-state index in [1.54, 1.807) is 0 Å². The van der Waals surface area contributed by atoms with Crippen molar-refractivity contribution in [1.82, 2.24) is 0 Å². The highest BCUT2D eigenvalue weighted by Gasteiger charge is 2.69. The van der Waals surface area contributed by atoms with Gasteiger partial charge in [-0.05, 0) is 149 Å². The molecule has 0 heterocycles. The molecule has 5 aliphatic carbocycles. The maximum atomic E-state index is 2.82. The Balaban J connectivity index is 1.42. The third-order valence-corrected chi connectivity index (χ3v) is 17.4. The fourth-order valence-corrected chi connectivity index (χ4v) is 15.7. The minimum Gasteiger partial charge on any atom is -0.0625 e. The molecule has 0 amide bonds. The molecule has 0 spiro atoms. The predicted octanol–water partition coefficient (Wildman–Crippen LogP) is 13.1. The molecule has 0 heteroatoms. The molecule has 15 atom stereocenters. The van der Waals surface area contributed by atoms with Gasteiger partial charge < -0.3 is 0 Å². The van der Waals surface area contributed by atoms with Crippen molar-refractivity contribution in [2.45, 2.75) is 161 Å². The monoisotopic (exact) mass is 595 g/mol. The summed E-state index contributed by atoms with van der Waals surface area (Å²) in [5.41, 5.74) is 1.42. The first kappa shape index (κ1) is 34.3. The van der Waals surface area contributed by atoms with Gasteiger partial charge in [-0.1, -0.05) is 123 Å². The minimum atomic E-state index is 0.445. The van der Waals surface area contributed by atoms with E-state index in [2.05, 4.69) is 96.9 Å². The summed E-state index contributed by atoms with van der Waals surface area (Å²) in [7, 11) is 0. The van der Waals surface area contributed by atoms with Crippen LogP contribution in [0, 0.1) is 111 Å². The van der Waals surface area contributed by atoms with Crippen LogP contribution in [0.3, 0.4) is 0 Å². The van der Waals surface area contributed by atoms with E-state index in [0.29, 0.717) is 16.2 Å². The van der Waals surface area contributed by atoms with Crippen LogP contribution in [0.4, 0.5) is 0 Å². The van der Waals surface area contributed by atoms with Crippen molar-refractivity contribution in [3.63, 3.8) is 0 Å². The molecular weight excluding hydrogens is 516 g/mol. The van der Waals surface area contributed by atoms with Crippen LogP contribution in [0.2, 0.25) is 0 Å². The first-order chi connectivity index (χ1) is 19.9. The van der Waals surface area contributed by atoms with Gasteiger partial charge in [-0.3, -0.25) is 0 Å². The van der Waals surface area contributed by atoms with Crippen LogP contribution >= 0.6 is 0 Å². The Bertz CT molecular complexity index is 938. The molecular formula is C43H78. The Morgan fingerprint density at radius 2 is 1.33 bits per heavy atom. The summed E-state index contributed by atoms with van der Waals surface area (Å²) < 4.78 is 0. The molecule has 5 rings (SSSR count). The van der Waals surface area contributed by atoms with Gasteiger partial charge in [-0.2, -0.15) is 0 Å². The molecule has 0 nitrogen and oxygen atoms in total. The summed E-state index contributed by atoms with van der Waals surface area (Å²) in [6.07, 6.45) is 15.0. The van der Waals surface area contributed by atoms with Gasteiger partial charge in [0, 0.05) is 0 Å². The Hall–Kier alpha value is 0. The number of hydrogen-bond acceptors (Lipinski definition) is 0. The van der Waals surface area contributed by atoms with E-state index in [9.17, 15) is 0 Å². The van der Waals surface area contributed by atoms with Crippen molar-refractivity contribution < 1.29 is 0 Å². The Morgan fingerprint density at radius 1 is 0.698 bits per heavy atom. The molecule has 5 aliphatic rings. The summed E-state index contributed by atoms with van der Waals surface area (Å²) in [6.45, 7) is 37.4. The minimum absolute atomic E-state index is 0.445. The molecule has 5 fully saturated rings. The van der Waals surface area contributed by atoms with Crippen LogP contribution in [-0.2, 0) is 0 Å². The topological polar surface area (TPSA) is 0 Å². The zero-order valence-electron chi connectivity index (χ0n) is 31.8. The largest absolute Gasteiger partial charge is 0.0625 e. The summed E-state index contributed by atoms with van der Waals surface area (Å²) in [6, 6.07) is 0. The summed E-state index contributed by atoms with van der Waals surface area (Å²) in [4.78, 5) is 0. The van der Waals surface area contributed by atoms with Gasteiger partial charge in [0.2, 0.25) is 0 Å². The van der Waals surface area contributed by atoms with E-state index in [0.717, 1.165) is 94.7 Å². The van der Waals surface area contributed by atoms with E-state index in [-0.39, 0.29) is 0 Å². The van der Waals surface area contributed by atoms with Gasteiger partial charge in [0.25, 0.3) is 0 Å². The van der Waals surface area contributed by atoms with E-state index in [1.807, 2.05) is 0 Å². The maximum absolute atomic E-state index is 2.82. The summed E-state index contributed by atoms with van der Waals surface area (Å²) >= 11 is 0. The lowest BCUT2D eigenvalue weighted by Gasteiger charge is -2.73. The van der Waals surface area contributed by atoms with Crippen LogP contribution in [0.1, 0.15) is 161 Å². The second-order valence-corrected chi connectivity index (χ2v) is 20.5. The lowest BCUT2D eigenvalue weighted by atomic mass is 9.31. The zero-order chi connectivity index (χ0) is 31.8. The molecule has 0 aromatic carbocycles. The molecule has 250 valence electrons. The summed E-state index contributed by atoms with van der Waals surface area (Å²) in [5, 5.41) is 0. The van der Waals surface area contributed by atoms with Gasteiger partial charge in [0.1, 0.15) is 0 Å². The van der Waals surface area contributed by atoms with Gasteiger partial charge in [-0.25, -0.2) is 0 Å². The first-order valence-corrected chi connectivity index (χ1v) is 19.9. The highest BCUT2D eigenvalue weighted by atomic mass is 14.7. The van der Waals surface area contributed by atoms with Crippen molar-refractivity contribution in [3.05, 3.63) is 0 Å². The van der Waals surface area contributed by atoms with Gasteiger partial charge in [0.05, 0.1) is 0 Å². The third-order valence-electron chi connectivity index (χ3n) is 17.4. The van der Waals surface area contributed by atoms with Gasteiger partial charge in [-0.15, -0.1) is 0 Å². The van der Waals surface area contributed by atoms with Gasteiger partial charge in [0.15, 0.2) is 0 Å². The van der Waals surface area contributed by atoms with E-state index >= 15 is 0 Å². The third kappa shape index (κ3) is 5.66. The number of hydrogen-bond donors (Lipinski definition) is 0. The average molecular weight is 595 g/mol. The van der Waals surface area contributed by atoms with E-state index in [4.69, 9.17) is 0 Å². The fourth-order valence-electron chi connectivity index (χ4n) is 15.7. The maximum Gasteiger partial charge on any atom is -0.0215 e. The van der Waals surface area contributed by atoms with Crippen LogP contribution < -0.4 is 0 Å². The normalized spacial score (nSPS) is 54.6. The van der Waals surface area contributed by atoms with E-state index < -0.39 is 0 Å². The highest BCUT2D eigenvalue weighted by molar-refractivity contribution is 5.17. The first-order valence-electron chi connectivity index (χ1n) is 19.9. The number of fused-ring (bicyclic) bond motifs is 3. The van der Waals surface area contributed by atoms with E-state index in [1.165, 1.54) is 64.2 Å². The molecule has 0 N–H and O–H groups in total. The highest BCUT2D eigenvalue weighted by Crippen LogP contribution is 2.75. The molecule has 5 saturated carbocycles. The second-order valence-electron chi connectivity index (χ2n) is 20.5. The van der Waals surface area contributed by atoms with Crippen molar-refractivity contribution in [1.29, 1.82) is 0 Å². The molecule has 0 saturated heterocycles. The fraction of sp³-hybridized carbons (Fsp3) is 1.00. The second kappa shape index (κ2) is 12.2. The standard InChI is InChI=1S/C43H78/c1-25(2)36-21-35(20-28(6)19-34-17-15-27(5)16-18-34)30(8)39-31(9)40-33(11)43(14)32(10)38(26(3)4)29(7)22-42(43,13)24-41(40,12)23-37(36)39/h25-40H,15-24H2,1-14H3. The Morgan fingerprint density at radius 3 is 1.91 bits per heavy atom. The zero-order valence-corrected chi connectivity index (χ0v) is 31.8. The average Bonchev–Trinajstić information content (AvgIpc) is 2.88. The van der Waals surface area contributed by atoms with Crippen LogP contribution in [-0.4, -0.2) is 0 Å². The van der Waals surface area contributed by atoms with Crippen LogP contribution in [0.25, 0.3) is 0 Å². The quantitative estimate of drug-likeness (QED) is 0.287. The predicted molar refractivity (Wildman–Crippen MR) is 189 cm³/mol. The van der Waals surface area contributed by atoms with Crippen molar-refractivity contribution in [2.75, 3.05) is 0 Å². The Labute approximate surface area is 271 Å². The van der Waals surface area contributed by atoms with Crippen LogP contribution in [0.15, 0.2) is 0 Å². The van der Waals surface area contributed by atoms with Gasteiger partial charge >= 0.3 is 0 Å². The lowest BCUT2D eigenvalue weighted by Crippen LogP contribution is -2.67. The Kier molecular flexibility index (Phi) is 9.76. The molecule has 43 heavy (non-hydrogen) atoms.